The zero-order chi connectivity index (χ0) is 19.7. The van der Waals surface area contributed by atoms with Gasteiger partial charge in [0.05, 0.1) is 11.4 Å². The Hall–Kier alpha value is -3.34. The van der Waals surface area contributed by atoms with E-state index in [1.54, 1.807) is 30.9 Å². The smallest absolute Gasteiger partial charge is 0.228 e. The summed E-state index contributed by atoms with van der Waals surface area (Å²) in [5.74, 6) is 1.96. The van der Waals surface area contributed by atoms with Gasteiger partial charge in [0.25, 0.3) is 0 Å². The maximum absolute atomic E-state index is 12.3. The summed E-state index contributed by atoms with van der Waals surface area (Å²) in [6.07, 6.45) is 5.63. The summed E-state index contributed by atoms with van der Waals surface area (Å²) >= 11 is 0. The molecule has 4 rings (SSSR count). The zero-order valence-corrected chi connectivity index (χ0v) is 15.9. The molecular weight excluding hydrogens is 354 g/mol. The molecule has 1 aliphatic carbocycles. The van der Waals surface area contributed by atoms with E-state index >= 15 is 0 Å². The lowest BCUT2D eigenvalue weighted by atomic mass is 10.1. The Morgan fingerprint density at radius 2 is 1.96 bits per heavy atom. The molecule has 0 saturated heterocycles. The van der Waals surface area contributed by atoms with Crippen LogP contribution in [0.25, 0.3) is 0 Å². The number of allylic oxidation sites excluding steroid dienone is 3. The quantitative estimate of drug-likeness (QED) is 0.722. The number of carbonyl (C=O) groups is 2. The van der Waals surface area contributed by atoms with Gasteiger partial charge in [0.15, 0.2) is 11.5 Å². The van der Waals surface area contributed by atoms with Crippen LogP contribution in [0.5, 0.6) is 11.5 Å². The highest BCUT2D eigenvalue weighted by atomic mass is 16.5. The molecule has 2 aliphatic rings. The van der Waals surface area contributed by atoms with Crippen LogP contribution in [0, 0.1) is 0 Å². The molecule has 2 aromatic rings. The van der Waals surface area contributed by atoms with Gasteiger partial charge >= 0.3 is 0 Å². The molecule has 0 radical (unpaired) electrons. The molecule has 0 fully saturated rings. The van der Waals surface area contributed by atoms with Gasteiger partial charge in [-0.25, -0.2) is 0 Å². The molecule has 1 aliphatic heterocycles. The standard InChI is InChI=1S/C23H21NO4/c1-15(25)19-8-4-3-7-17(19)14-27-18-11-12-21-23(13-18)28-22-10-6-5-9-20(22)24(21)16(2)26/h3-5,7-9,11-13H,6,10,14H2,1-2H3. The van der Waals surface area contributed by atoms with E-state index in [-0.39, 0.29) is 18.3 Å². The van der Waals surface area contributed by atoms with Crippen LogP contribution in [0.1, 0.15) is 42.6 Å². The van der Waals surface area contributed by atoms with Crippen LogP contribution in [-0.4, -0.2) is 11.7 Å². The summed E-state index contributed by atoms with van der Waals surface area (Å²) in [5.41, 5.74) is 2.99. The molecule has 1 amide bonds. The third kappa shape index (κ3) is 3.31. The van der Waals surface area contributed by atoms with Crippen molar-refractivity contribution in [1.29, 1.82) is 0 Å². The Morgan fingerprint density at radius 1 is 1.14 bits per heavy atom. The largest absolute Gasteiger partial charge is 0.489 e. The monoisotopic (exact) mass is 375 g/mol. The van der Waals surface area contributed by atoms with E-state index in [9.17, 15) is 9.59 Å². The van der Waals surface area contributed by atoms with Gasteiger partial charge in [-0.2, -0.15) is 0 Å². The molecule has 142 valence electrons. The first kappa shape index (κ1) is 18.0. The van der Waals surface area contributed by atoms with Gasteiger partial charge in [-0.05, 0) is 31.6 Å². The summed E-state index contributed by atoms with van der Waals surface area (Å²) in [7, 11) is 0. The molecule has 0 spiro atoms. The van der Waals surface area contributed by atoms with E-state index in [4.69, 9.17) is 9.47 Å². The topological polar surface area (TPSA) is 55.8 Å². The van der Waals surface area contributed by atoms with Crippen LogP contribution >= 0.6 is 0 Å². The van der Waals surface area contributed by atoms with Crippen molar-refractivity contribution in [2.75, 3.05) is 4.90 Å². The lowest BCUT2D eigenvalue weighted by Crippen LogP contribution is -2.32. The van der Waals surface area contributed by atoms with Gasteiger partial charge in [0.1, 0.15) is 18.1 Å². The summed E-state index contributed by atoms with van der Waals surface area (Å²) in [6, 6.07) is 12.8. The summed E-state index contributed by atoms with van der Waals surface area (Å²) in [4.78, 5) is 25.7. The molecule has 2 aromatic carbocycles. The first-order valence-electron chi connectivity index (χ1n) is 9.28. The van der Waals surface area contributed by atoms with E-state index in [1.165, 1.54) is 0 Å². The fraction of sp³-hybridized carbons (Fsp3) is 0.217. The number of nitrogens with zero attached hydrogens (tertiary/aromatic N) is 1. The number of hydrogen-bond acceptors (Lipinski definition) is 4. The number of anilines is 1. The minimum Gasteiger partial charge on any atom is -0.489 e. The molecule has 1 heterocycles. The van der Waals surface area contributed by atoms with Crippen LogP contribution in [0.4, 0.5) is 5.69 Å². The number of Topliss-reactive ketones (excluding diaryl/α,β-unsaturated/α-hetero) is 1. The highest BCUT2D eigenvalue weighted by molar-refractivity contribution is 5.98. The number of benzene rings is 2. The van der Waals surface area contributed by atoms with Crippen LogP contribution in [0.3, 0.4) is 0 Å². The lowest BCUT2D eigenvalue weighted by molar-refractivity contribution is -0.116. The van der Waals surface area contributed by atoms with Gasteiger partial charge < -0.3 is 9.47 Å². The van der Waals surface area contributed by atoms with Crippen LogP contribution < -0.4 is 14.4 Å². The second-order valence-corrected chi connectivity index (χ2v) is 6.84. The van der Waals surface area contributed by atoms with Crippen molar-refractivity contribution >= 4 is 17.4 Å². The first-order valence-corrected chi connectivity index (χ1v) is 9.28. The molecule has 0 aromatic heterocycles. The Balaban J connectivity index is 1.60. The van der Waals surface area contributed by atoms with E-state index in [0.717, 1.165) is 29.9 Å². The van der Waals surface area contributed by atoms with Crippen molar-refractivity contribution in [2.45, 2.75) is 33.3 Å². The van der Waals surface area contributed by atoms with E-state index in [2.05, 4.69) is 0 Å². The summed E-state index contributed by atoms with van der Waals surface area (Å²) < 4.78 is 12.0. The molecule has 5 nitrogen and oxygen atoms in total. The van der Waals surface area contributed by atoms with Gasteiger partial charge in [0, 0.05) is 30.5 Å². The Labute approximate surface area is 163 Å². The Bertz CT molecular complexity index is 1020. The molecule has 0 unspecified atom stereocenters. The highest BCUT2D eigenvalue weighted by Crippen LogP contribution is 2.42. The fourth-order valence-corrected chi connectivity index (χ4v) is 3.54. The minimum absolute atomic E-state index is 0.00916. The number of carbonyl (C=O) groups excluding carboxylic acids is 2. The predicted molar refractivity (Wildman–Crippen MR) is 106 cm³/mol. The number of hydrogen-bond donors (Lipinski definition) is 0. The van der Waals surface area contributed by atoms with Gasteiger partial charge in [0.2, 0.25) is 5.91 Å². The molecule has 0 atom stereocenters. The number of ether oxygens (including phenoxy) is 2. The van der Waals surface area contributed by atoms with Crippen molar-refractivity contribution < 1.29 is 19.1 Å². The SMILES string of the molecule is CC(=O)c1ccccc1COc1ccc2c(c1)OC1=C(C=CCC1)N2C(C)=O. The van der Waals surface area contributed by atoms with Crippen molar-refractivity contribution in [2.24, 2.45) is 0 Å². The maximum atomic E-state index is 12.3. The average Bonchev–Trinajstić information content (AvgIpc) is 2.70. The second-order valence-electron chi connectivity index (χ2n) is 6.84. The Morgan fingerprint density at radius 3 is 2.75 bits per heavy atom. The van der Waals surface area contributed by atoms with E-state index in [0.29, 0.717) is 22.7 Å². The number of fused-ring (bicyclic) bond motifs is 1. The highest BCUT2D eigenvalue weighted by Gasteiger charge is 2.29. The van der Waals surface area contributed by atoms with Gasteiger partial charge in [-0.15, -0.1) is 0 Å². The molecule has 0 N–H and O–H groups in total. The van der Waals surface area contributed by atoms with Crippen LogP contribution in [0.15, 0.2) is 66.1 Å². The number of rotatable bonds is 4. The molecule has 5 heteroatoms. The van der Waals surface area contributed by atoms with Crippen LogP contribution in [-0.2, 0) is 11.4 Å². The number of ketones is 1. The van der Waals surface area contributed by atoms with E-state index < -0.39 is 0 Å². The molecule has 28 heavy (non-hydrogen) atoms. The predicted octanol–water partition coefficient (Wildman–Crippen LogP) is 4.78. The van der Waals surface area contributed by atoms with Crippen molar-refractivity contribution in [3.05, 3.63) is 77.2 Å². The van der Waals surface area contributed by atoms with Gasteiger partial charge in [-0.1, -0.05) is 30.3 Å². The average molecular weight is 375 g/mol. The van der Waals surface area contributed by atoms with Crippen molar-refractivity contribution in [3.63, 3.8) is 0 Å². The molecule has 0 saturated carbocycles. The lowest BCUT2D eigenvalue weighted by Gasteiger charge is -2.33. The Kier molecular flexibility index (Phi) is 4.74. The second kappa shape index (κ2) is 7.35. The normalized spacial score (nSPS) is 14.9. The number of amides is 1. The summed E-state index contributed by atoms with van der Waals surface area (Å²) in [6.45, 7) is 3.37. The third-order valence-corrected chi connectivity index (χ3v) is 4.85. The van der Waals surface area contributed by atoms with Crippen molar-refractivity contribution in [1.82, 2.24) is 0 Å². The minimum atomic E-state index is -0.0624. The fourth-order valence-electron chi connectivity index (χ4n) is 3.54. The molecule has 0 bridgehead atoms. The summed E-state index contributed by atoms with van der Waals surface area (Å²) in [5, 5.41) is 0. The van der Waals surface area contributed by atoms with Crippen molar-refractivity contribution in [3.8, 4) is 11.5 Å². The van der Waals surface area contributed by atoms with Gasteiger partial charge in [-0.3, -0.25) is 14.5 Å². The zero-order valence-electron chi connectivity index (χ0n) is 15.9. The maximum Gasteiger partial charge on any atom is 0.228 e. The first-order chi connectivity index (χ1) is 13.5. The molecular formula is C23H21NO4. The van der Waals surface area contributed by atoms with Crippen LogP contribution in [0.2, 0.25) is 0 Å². The third-order valence-electron chi connectivity index (χ3n) is 4.85. The van der Waals surface area contributed by atoms with E-state index in [1.807, 2.05) is 42.5 Å².